The van der Waals surface area contributed by atoms with Crippen molar-refractivity contribution in [1.29, 1.82) is 0 Å². The molecule has 2 rings (SSSR count). The first-order valence-electron chi connectivity index (χ1n) is 6.80. The lowest BCUT2D eigenvalue weighted by Crippen LogP contribution is -2.31. The van der Waals surface area contributed by atoms with Gasteiger partial charge < -0.3 is 10.2 Å². The van der Waals surface area contributed by atoms with Gasteiger partial charge in [-0.3, -0.25) is 9.59 Å². The van der Waals surface area contributed by atoms with E-state index in [-0.39, 0.29) is 17.7 Å². The molecular formula is C15H19ClN2O2. The van der Waals surface area contributed by atoms with Crippen LogP contribution in [0.4, 0.5) is 5.69 Å². The number of likely N-dealkylation sites (tertiary alicyclic amines) is 1. The zero-order chi connectivity index (χ0) is 14.7. The molecule has 1 fully saturated rings. The predicted octanol–water partition coefficient (Wildman–Crippen LogP) is 2.78. The summed E-state index contributed by atoms with van der Waals surface area (Å²) in [7, 11) is 0. The Labute approximate surface area is 124 Å². The van der Waals surface area contributed by atoms with E-state index >= 15 is 0 Å². The van der Waals surface area contributed by atoms with Gasteiger partial charge in [-0.25, -0.2) is 0 Å². The van der Waals surface area contributed by atoms with Crippen LogP contribution >= 0.6 is 11.6 Å². The molecule has 1 heterocycles. The number of carbonyl (C=O) groups excluding carboxylic acids is 2. The molecule has 1 unspecified atom stereocenters. The highest BCUT2D eigenvalue weighted by Crippen LogP contribution is 2.22. The van der Waals surface area contributed by atoms with E-state index in [1.54, 1.807) is 29.2 Å². The average Bonchev–Trinajstić information content (AvgIpc) is 2.70. The van der Waals surface area contributed by atoms with E-state index in [2.05, 4.69) is 19.2 Å². The highest BCUT2D eigenvalue weighted by molar-refractivity contribution is 6.30. The molecule has 1 atom stereocenters. The molecule has 1 saturated heterocycles. The summed E-state index contributed by atoms with van der Waals surface area (Å²) in [5, 5.41) is 3.39. The smallest absolute Gasteiger partial charge is 0.229 e. The molecule has 0 aromatic heterocycles. The van der Waals surface area contributed by atoms with Gasteiger partial charge in [0.1, 0.15) is 0 Å². The molecule has 2 amide bonds. The lowest BCUT2D eigenvalue weighted by atomic mass is 10.1. The van der Waals surface area contributed by atoms with Crippen molar-refractivity contribution in [3.05, 3.63) is 29.3 Å². The fourth-order valence-corrected chi connectivity index (χ4v) is 2.57. The zero-order valence-electron chi connectivity index (χ0n) is 11.7. The Morgan fingerprint density at radius 3 is 2.90 bits per heavy atom. The van der Waals surface area contributed by atoms with Crippen molar-refractivity contribution < 1.29 is 9.59 Å². The monoisotopic (exact) mass is 294 g/mol. The second-order valence-electron chi connectivity index (χ2n) is 5.59. The van der Waals surface area contributed by atoms with E-state index in [4.69, 9.17) is 11.6 Å². The topological polar surface area (TPSA) is 49.4 Å². The molecular weight excluding hydrogens is 276 g/mol. The van der Waals surface area contributed by atoms with E-state index < -0.39 is 0 Å². The fraction of sp³-hybridized carbons (Fsp3) is 0.467. The second kappa shape index (κ2) is 6.27. The number of halogens is 1. The van der Waals surface area contributed by atoms with Gasteiger partial charge in [-0.05, 0) is 24.1 Å². The minimum Gasteiger partial charge on any atom is -0.342 e. The second-order valence-corrected chi connectivity index (χ2v) is 6.03. The molecule has 1 aromatic carbocycles. The normalized spacial score (nSPS) is 18.7. The van der Waals surface area contributed by atoms with Gasteiger partial charge in [0.05, 0.1) is 5.92 Å². The van der Waals surface area contributed by atoms with Gasteiger partial charge in [0.25, 0.3) is 0 Å². The molecule has 0 bridgehead atoms. The van der Waals surface area contributed by atoms with Crippen molar-refractivity contribution in [3.63, 3.8) is 0 Å². The van der Waals surface area contributed by atoms with Crippen LogP contribution in [0, 0.1) is 11.8 Å². The fourth-order valence-electron chi connectivity index (χ4n) is 2.38. The molecule has 0 radical (unpaired) electrons. The summed E-state index contributed by atoms with van der Waals surface area (Å²) in [4.78, 5) is 25.8. The van der Waals surface area contributed by atoms with Gasteiger partial charge in [-0.2, -0.15) is 0 Å². The summed E-state index contributed by atoms with van der Waals surface area (Å²) in [6.45, 7) is 5.34. The summed E-state index contributed by atoms with van der Waals surface area (Å²) in [5.74, 6) is 0.0748. The van der Waals surface area contributed by atoms with Crippen molar-refractivity contribution in [3.8, 4) is 0 Å². The quantitative estimate of drug-likeness (QED) is 0.928. The third kappa shape index (κ3) is 3.73. The van der Waals surface area contributed by atoms with Crippen LogP contribution in [0.2, 0.25) is 5.02 Å². The van der Waals surface area contributed by atoms with E-state index in [1.165, 1.54) is 0 Å². The Kier molecular flexibility index (Phi) is 4.65. The maximum atomic E-state index is 12.2. The van der Waals surface area contributed by atoms with Crippen molar-refractivity contribution in [1.82, 2.24) is 4.90 Å². The number of carbonyl (C=O) groups is 2. The van der Waals surface area contributed by atoms with E-state index in [9.17, 15) is 9.59 Å². The molecule has 0 saturated carbocycles. The first-order chi connectivity index (χ1) is 9.45. The standard InChI is InChI=1S/C15H19ClN2O2/c1-10(2)8-18-9-11(6-14(18)19)15(20)17-13-5-3-4-12(16)7-13/h3-5,7,10-11H,6,8-9H2,1-2H3,(H,17,20). The zero-order valence-corrected chi connectivity index (χ0v) is 12.5. The van der Waals surface area contributed by atoms with E-state index in [0.29, 0.717) is 36.1 Å². The molecule has 0 aliphatic carbocycles. The van der Waals surface area contributed by atoms with Gasteiger partial charge in [-0.15, -0.1) is 0 Å². The van der Waals surface area contributed by atoms with Gasteiger partial charge >= 0.3 is 0 Å². The molecule has 108 valence electrons. The van der Waals surface area contributed by atoms with Gasteiger partial charge in [-0.1, -0.05) is 31.5 Å². The molecule has 4 nitrogen and oxygen atoms in total. The Hall–Kier alpha value is -1.55. The Bertz CT molecular complexity index is 516. The van der Waals surface area contributed by atoms with E-state index in [1.807, 2.05) is 0 Å². The molecule has 20 heavy (non-hydrogen) atoms. The summed E-state index contributed by atoms with van der Waals surface area (Å²) in [6, 6.07) is 7.01. The predicted molar refractivity (Wildman–Crippen MR) is 79.6 cm³/mol. The first-order valence-corrected chi connectivity index (χ1v) is 7.17. The number of nitrogens with zero attached hydrogens (tertiary/aromatic N) is 1. The lowest BCUT2D eigenvalue weighted by molar-refractivity contribution is -0.128. The van der Waals surface area contributed by atoms with Crippen molar-refractivity contribution in [2.24, 2.45) is 11.8 Å². The maximum absolute atomic E-state index is 12.2. The van der Waals surface area contributed by atoms with Crippen LogP contribution in [-0.4, -0.2) is 29.8 Å². The SMILES string of the molecule is CC(C)CN1CC(C(=O)Nc2cccc(Cl)c2)CC1=O. The molecule has 1 aliphatic rings. The van der Waals surface area contributed by atoms with Gasteiger partial charge in [0.2, 0.25) is 11.8 Å². The van der Waals surface area contributed by atoms with Crippen LogP contribution in [-0.2, 0) is 9.59 Å². The number of benzene rings is 1. The maximum Gasteiger partial charge on any atom is 0.229 e. The lowest BCUT2D eigenvalue weighted by Gasteiger charge is -2.18. The van der Waals surface area contributed by atoms with E-state index in [0.717, 1.165) is 0 Å². The van der Waals surface area contributed by atoms with Crippen molar-refractivity contribution >= 4 is 29.1 Å². The van der Waals surface area contributed by atoms with Crippen LogP contribution in [0.3, 0.4) is 0 Å². The third-order valence-corrected chi connectivity index (χ3v) is 3.50. The molecule has 5 heteroatoms. The minimum absolute atomic E-state index is 0.0601. The average molecular weight is 295 g/mol. The number of hydrogen-bond donors (Lipinski definition) is 1. The van der Waals surface area contributed by atoms with Gasteiger partial charge in [0.15, 0.2) is 0 Å². The summed E-state index contributed by atoms with van der Waals surface area (Å²) >= 11 is 5.88. The van der Waals surface area contributed by atoms with Crippen molar-refractivity contribution in [2.75, 3.05) is 18.4 Å². The molecule has 1 N–H and O–H groups in total. The molecule has 0 spiro atoms. The largest absolute Gasteiger partial charge is 0.342 e. The van der Waals surface area contributed by atoms with Crippen LogP contribution in [0.1, 0.15) is 20.3 Å². The Morgan fingerprint density at radius 2 is 2.25 bits per heavy atom. The minimum atomic E-state index is -0.278. The Balaban J connectivity index is 1.95. The highest BCUT2D eigenvalue weighted by Gasteiger charge is 2.34. The number of amides is 2. The van der Waals surface area contributed by atoms with Crippen LogP contribution in [0.15, 0.2) is 24.3 Å². The summed E-state index contributed by atoms with van der Waals surface area (Å²) in [5.41, 5.74) is 0.664. The molecule has 1 aliphatic heterocycles. The summed E-state index contributed by atoms with van der Waals surface area (Å²) in [6.07, 6.45) is 0.291. The summed E-state index contributed by atoms with van der Waals surface area (Å²) < 4.78 is 0. The van der Waals surface area contributed by atoms with Crippen LogP contribution in [0.25, 0.3) is 0 Å². The number of nitrogens with one attached hydrogen (secondary N) is 1. The van der Waals surface area contributed by atoms with Crippen LogP contribution in [0.5, 0.6) is 0 Å². The number of rotatable bonds is 4. The third-order valence-electron chi connectivity index (χ3n) is 3.26. The van der Waals surface area contributed by atoms with Gasteiger partial charge in [0, 0.05) is 30.2 Å². The molecule has 1 aromatic rings. The van der Waals surface area contributed by atoms with Crippen molar-refractivity contribution in [2.45, 2.75) is 20.3 Å². The number of anilines is 1. The van der Waals surface area contributed by atoms with Crippen LogP contribution < -0.4 is 5.32 Å². The first kappa shape index (κ1) is 14.9. The Morgan fingerprint density at radius 1 is 1.50 bits per heavy atom. The highest BCUT2D eigenvalue weighted by atomic mass is 35.5. The number of hydrogen-bond acceptors (Lipinski definition) is 2.